The van der Waals surface area contributed by atoms with E-state index in [1.165, 1.54) is 0 Å². The molecule has 0 unspecified atom stereocenters. The SMILES string of the molecule is CC(C)S(=O)(=O)CCCCCCCc1cccc(O)c1. The van der Waals surface area contributed by atoms with E-state index < -0.39 is 9.84 Å². The largest absolute Gasteiger partial charge is 0.508 e. The summed E-state index contributed by atoms with van der Waals surface area (Å²) in [5.74, 6) is 0.637. The minimum Gasteiger partial charge on any atom is -0.508 e. The summed E-state index contributed by atoms with van der Waals surface area (Å²) < 4.78 is 23.2. The van der Waals surface area contributed by atoms with Crippen LogP contribution < -0.4 is 0 Å². The third-order valence-electron chi connectivity index (χ3n) is 3.52. The van der Waals surface area contributed by atoms with Gasteiger partial charge in [-0.3, -0.25) is 0 Å². The van der Waals surface area contributed by atoms with Gasteiger partial charge in [0, 0.05) is 0 Å². The zero-order chi connectivity index (χ0) is 15.0. The Kier molecular flexibility index (Phi) is 7.06. The van der Waals surface area contributed by atoms with Crippen LogP contribution in [0.25, 0.3) is 0 Å². The van der Waals surface area contributed by atoms with E-state index in [9.17, 15) is 13.5 Å². The van der Waals surface area contributed by atoms with Gasteiger partial charge in [-0.25, -0.2) is 8.42 Å². The predicted molar refractivity (Wildman–Crippen MR) is 83.8 cm³/mol. The zero-order valence-corrected chi connectivity index (χ0v) is 13.3. The number of aryl methyl sites for hydroxylation is 1. The standard InChI is InChI=1S/C16H26O3S/c1-14(2)20(18,19)12-7-5-3-4-6-9-15-10-8-11-16(17)13-15/h8,10-11,13-14,17H,3-7,9,12H2,1-2H3. The maximum absolute atomic E-state index is 11.6. The first-order valence-electron chi connectivity index (χ1n) is 7.41. The molecule has 20 heavy (non-hydrogen) atoms. The van der Waals surface area contributed by atoms with Crippen molar-refractivity contribution in [3.63, 3.8) is 0 Å². The van der Waals surface area contributed by atoms with Gasteiger partial charge in [0.2, 0.25) is 0 Å². The number of sulfone groups is 1. The lowest BCUT2D eigenvalue weighted by atomic mass is 10.1. The minimum absolute atomic E-state index is 0.256. The van der Waals surface area contributed by atoms with Crippen LogP contribution in [-0.2, 0) is 16.3 Å². The molecule has 1 aromatic rings. The molecule has 114 valence electrons. The summed E-state index contributed by atoms with van der Waals surface area (Å²) in [6, 6.07) is 7.37. The van der Waals surface area contributed by atoms with Crippen molar-refractivity contribution >= 4 is 9.84 Å². The molecule has 3 nitrogen and oxygen atoms in total. The van der Waals surface area contributed by atoms with Crippen LogP contribution in [0, 0.1) is 0 Å². The van der Waals surface area contributed by atoms with E-state index in [0.717, 1.165) is 44.1 Å². The Hall–Kier alpha value is -1.03. The number of aromatic hydroxyl groups is 1. The second-order valence-corrected chi connectivity index (χ2v) is 8.28. The molecule has 0 fully saturated rings. The molecule has 0 saturated heterocycles. The molecule has 0 aliphatic carbocycles. The molecule has 0 atom stereocenters. The fourth-order valence-corrected chi connectivity index (χ4v) is 3.19. The summed E-state index contributed by atoms with van der Waals surface area (Å²) in [5, 5.41) is 9.09. The second kappa shape index (κ2) is 8.30. The van der Waals surface area contributed by atoms with Gasteiger partial charge in [-0.05, 0) is 50.8 Å². The van der Waals surface area contributed by atoms with E-state index in [-0.39, 0.29) is 5.25 Å². The van der Waals surface area contributed by atoms with Crippen LogP contribution in [0.2, 0.25) is 0 Å². The third kappa shape index (κ3) is 6.42. The van der Waals surface area contributed by atoms with Gasteiger partial charge in [0.25, 0.3) is 0 Å². The highest BCUT2D eigenvalue weighted by atomic mass is 32.2. The summed E-state index contributed by atoms with van der Waals surface area (Å²) in [5.41, 5.74) is 1.16. The van der Waals surface area contributed by atoms with Crippen molar-refractivity contribution in [2.24, 2.45) is 0 Å². The molecule has 1 aromatic carbocycles. The third-order valence-corrected chi connectivity index (χ3v) is 5.82. The number of hydrogen-bond acceptors (Lipinski definition) is 3. The van der Waals surface area contributed by atoms with E-state index in [1.807, 2.05) is 12.1 Å². The van der Waals surface area contributed by atoms with Crippen molar-refractivity contribution in [3.05, 3.63) is 29.8 Å². The van der Waals surface area contributed by atoms with Gasteiger partial charge in [-0.1, -0.05) is 31.4 Å². The molecular weight excluding hydrogens is 272 g/mol. The smallest absolute Gasteiger partial charge is 0.152 e. The first-order valence-corrected chi connectivity index (χ1v) is 9.13. The lowest BCUT2D eigenvalue weighted by Crippen LogP contribution is -2.17. The number of phenolic OH excluding ortho intramolecular Hbond substituents is 1. The van der Waals surface area contributed by atoms with Crippen molar-refractivity contribution in [1.82, 2.24) is 0 Å². The number of hydrogen-bond donors (Lipinski definition) is 1. The fourth-order valence-electron chi connectivity index (χ4n) is 2.11. The average molecular weight is 298 g/mol. The lowest BCUT2D eigenvalue weighted by molar-refractivity contribution is 0.474. The van der Waals surface area contributed by atoms with Gasteiger partial charge >= 0.3 is 0 Å². The summed E-state index contributed by atoms with van der Waals surface area (Å²) in [7, 11) is -2.87. The van der Waals surface area contributed by atoms with E-state index in [0.29, 0.717) is 11.5 Å². The van der Waals surface area contributed by atoms with Gasteiger partial charge in [-0.15, -0.1) is 0 Å². The zero-order valence-electron chi connectivity index (χ0n) is 12.5. The number of unbranched alkanes of at least 4 members (excludes halogenated alkanes) is 4. The summed E-state index contributed by atoms with van der Waals surface area (Å²) in [6.45, 7) is 3.48. The van der Waals surface area contributed by atoms with Gasteiger partial charge in [0.1, 0.15) is 5.75 Å². The van der Waals surface area contributed by atoms with Crippen molar-refractivity contribution in [2.75, 3.05) is 5.75 Å². The van der Waals surface area contributed by atoms with Crippen LogP contribution in [0.4, 0.5) is 0 Å². The average Bonchev–Trinajstić information content (AvgIpc) is 2.37. The molecule has 0 heterocycles. The van der Waals surface area contributed by atoms with Crippen molar-refractivity contribution in [3.8, 4) is 5.75 Å². The quantitative estimate of drug-likeness (QED) is 0.707. The minimum atomic E-state index is -2.87. The fraction of sp³-hybridized carbons (Fsp3) is 0.625. The number of rotatable bonds is 9. The van der Waals surface area contributed by atoms with E-state index in [1.54, 1.807) is 26.0 Å². The molecular formula is C16H26O3S. The lowest BCUT2D eigenvalue weighted by Gasteiger charge is -2.07. The molecule has 1 rings (SSSR count). The first kappa shape index (κ1) is 17.0. The van der Waals surface area contributed by atoms with Gasteiger partial charge in [0.15, 0.2) is 9.84 Å². The van der Waals surface area contributed by atoms with Gasteiger partial charge in [-0.2, -0.15) is 0 Å². The Labute approximate surface area is 123 Å². The first-order chi connectivity index (χ1) is 9.42. The molecule has 0 aromatic heterocycles. The van der Waals surface area contributed by atoms with Gasteiger partial charge in [0.05, 0.1) is 11.0 Å². The molecule has 0 spiro atoms. The van der Waals surface area contributed by atoms with Crippen molar-refractivity contribution in [1.29, 1.82) is 0 Å². The van der Waals surface area contributed by atoms with E-state index >= 15 is 0 Å². The molecule has 1 N–H and O–H groups in total. The van der Waals surface area contributed by atoms with Crippen LogP contribution >= 0.6 is 0 Å². The Balaban J connectivity index is 2.09. The topological polar surface area (TPSA) is 54.4 Å². The molecule has 0 aliphatic heterocycles. The summed E-state index contributed by atoms with van der Waals surface area (Å²) in [6.07, 6.45) is 5.99. The molecule has 0 aliphatic rings. The molecule has 0 radical (unpaired) electrons. The highest BCUT2D eigenvalue weighted by Crippen LogP contribution is 2.14. The van der Waals surface area contributed by atoms with E-state index in [2.05, 4.69) is 0 Å². The van der Waals surface area contributed by atoms with E-state index in [4.69, 9.17) is 0 Å². The summed E-state index contributed by atoms with van der Waals surface area (Å²) >= 11 is 0. The monoisotopic (exact) mass is 298 g/mol. The number of benzene rings is 1. The summed E-state index contributed by atoms with van der Waals surface area (Å²) in [4.78, 5) is 0. The maximum Gasteiger partial charge on any atom is 0.152 e. The predicted octanol–water partition coefficient (Wildman–Crippen LogP) is 3.71. The molecule has 0 bridgehead atoms. The Bertz CT molecular complexity index is 492. The molecule has 0 amide bonds. The van der Waals surface area contributed by atoms with Crippen LogP contribution in [0.15, 0.2) is 24.3 Å². The molecule has 0 saturated carbocycles. The highest BCUT2D eigenvalue weighted by Gasteiger charge is 2.14. The van der Waals surface area contributed by atoms with Crippen molar-refractivity contribution in [2.45, 2.75) is 57.6 Å². The molecule has 4 heteroatoms. The maximum atomic E-state index is 11.6. The van der Waals surface area contributed by atoms with Crippen LogP contribution in [-0.4, -0.2) is 24.5 Å². The van der Waals surface area contributed by atoms with Crippen LogP contribution in [0.1, 0.15) is 51.5 Å². The second-order valence-electron chi connectivity index (χ2n) is 5.60. The Morgan fingerprint density at radius 2 is 1.70 bits per heavy atom. The van der Waals surface area contributed by atoms with Crippen LogP contribution in [0.3, 0.4) is 0 Å². The Morgan fingerprint density at radius 1 is 1.05 bits per heavy atom. The normalized spacial score (nSPS) is 11.9. The van der Waals surface area contributed by atoms with Crippen LogP contribution in [0.5, 0.6) is 5.75 Å². The van der Waals surface area contributed by atoms with Gasteiger partial charge < -0.3 is 5.11 Å². The Morgan fingerprint density at radius 3 is 2.35 bits per heavy atom. The highest BCUT2D eigenvalue weighted by molar-refractivity contribution is 7.91. The van der Waals surface area contributed by atoms with Crippen molar-refractivity contribution < 1.29 is 13.5 Å². The number of phenols is 1.